The number of furan rings is 1. The number of amides is 2. The summed E-state index contributed by atoms with van der Waals surface area (Å²) in [6, 6.07) is 4.15. The lowest BCUT2D eigenvalue weighted by molar-refractivity contribution is -0.130. The molecular weight excluding hydrogens is 348 g/mol. The molecule has 1 aliphatic heterocycles. The second-order valence-electron chi connectivity index (χ2n) is 7.54. The molecule has 1 unspecified atom stereocenters. The van der Waals surface area contributed by atoms with E-state index in [0.29, 0.717) is 23.9 Å². The highest BCUT2D eigenvalue weighted by Crippen LogP contribution is 2.57. The molecule has 1 saturated heterocycles. The molecule has 4 rings (SSSR count). The van der Waals surface area contributed by atoms with Crippen molar-refractivity contribution in [1.29, 1.82) is 0 Å². The van der Waals surface area contributed by atoms with E-state index >= 15 is 0 Å². The Kier molecular flexibility index (Phi) is 4.39. The quantitative estimate of drug-likeness (QED) is 0.822. The van der Waals surface area contributed by atoms with Crippen molar-refractivity contribution in [2.24, 2.45) is 5.41 Å². The second kappa shape index (κ2) is 6.58. The highest BCUT2D eigenvalue weighted by atomic mass is 32.1. The Morgan fingerprint density at radius 1 is 1.35 bits per heavy atom. The van der Waals surface area contributed by atoms with Gasteiger partial charge in [-0.25, -0.2) is 0 Å². The molecule has 1 spiro atoms. The first kappa shape index (κ1) is 17.3. The topological polar surface area (TPSA) is 53.8 Å². The van der Waals surface area contributed by atoms with Crippen LogP contribution in [0.5, 0.6) is 0 Å². The number of likely N-dealkylation sites (tertiary alicyclic amines) is 1. The molecule has 1 atom stereocenters. The van der Waals surface area contributed by atoms with E-state index < -0.39 is 0 Å². The molecule has 2 aliphatic rings. The van der Waals surface area contributed by atoms with Gasteiger partial charge in [-0.1, -0.05) is 0 Å². The fraction of sp³-hybridized carbons (Fsp3) is 0.500. The van der Waals surface area contributed by atoms with E-state index in [4.69, 9.17) is 4.42 Å². The highest BCUT2D eigenvalue weighted by molar-refractivity contribution is 7.07. The lowest BCUT2D eigenvalue weighted by Crippen LogP contribution is -2.42. The van der Waals surface area contributed by atoms with Gasteiger partial charge in [-0.05, 0) is 60.1 Å². The number of piperidine rings is 1. The van der Waals surface area contributed by atoms with Gasteiger partial charge in [-0.3, -0.25) is 9.59 Å². The van der Waals surface area contributed by atoms with Gasteiger partial charge < -0.3 is 14.2 Å². The van der Waals surface area contributed by atoms with Crippen molar-refractivity contribution in [3.05, 3.63) is 46.0 Å². The Balaban J connectivity index is 1.39. The molecule has 1 saturated carbocycles. The monoisotopic (exact) mass is 372 g/mol. The first-order chi connectivity index (χ1) is 12.5. The molecule has 26 heavy (non-hydrogen) atoms. The molecule has 3 heterocycles. The summed E-state index contributed by atoms with van der Waals surface area (Å²) >= 11 is 1.67. The smallest absolute Gasteiger partial charge is 0.257 e. The van der Waals surface area contributed by atoms with Gasteiger partial charge in [0.15, 0.2) is 0 Å². The summed E-state index contributed by atoms with van der Waals surface area (Å²) in [5, 5.41) is 4.16. The van der Waals surface area contributed by atoms with Gasteiger partial charge in [0.1, 0.15) is 5.76 Å². The number of aryl methyl sites for hydroxylation is 1. The predicted molar refractivity (Wildman–Crippen MR) is 100.0 cm³/mol. The molecule has 0 radical (unpaired) electrons. The highest BCUT2D eigenvalue weighted by Gasteiger charge is 2.58. The Labute approximate surface area is 157 Å². The second-order valence-corrected chi connectivity index (χ2v) is 8.32. The van der Waals surface area contributed by atoms with Gasteiger partial charge in [0.25, 0.3) is 5.91 Å². The predicted octanol–water partition coefficient (Wildman–Crippen LogP) is 3.69. The van der Waals surface area contributed by atoms with Crippen molar-refractivity contribution in [1.82, 2.24) is 9.80 Å². The fourth-order valence-corrected chi connectivity index (χ4v) is 4.92. The van der Waals surface area contributed by atoms with Crippen LogP contribution >= 0.6 is 11.3 Å². The van der Waals surface area contributed by atoms with E-state index in [1.54, 1.807) is 30.6 Å². The molecule has 138 valence electrons. The van der Waals surface area contributed by atoms with Gasteiger partial charge in [0, 0.05) is 32.6 Å². The maximum Gasteiger partial charge on any atom is 0.257 e. The molecule has 0 bridgehead atoms. The first-order valence-corrected chi connectivity index (χ1v) is 10.1. The lowest BCUT2D eigenvalue weighted by Gasteiger charge is -2.34. The van der Waals surface area contributed by atoms with Crippen LogP contribution in [0.4, 0.5) is 0 Å². The Hall–Kier alpha value is -2.08. The minimum absolute atomic E-state index is 0.0602. The average molecular weight is 372 g/mol. The normalized spacial score (nSPS) is 21.0. The zero-order valence-corrected chi connectivity index (χ0v) is 16.1. The Bertz CT molecular complexity index is 803. The number of nitrogens with zero attached hydrogens (tertiary/aromatic N) is 2. The lowest BCUT2D eigenvalue weighted by atomic mass is 9.91. The Morgan fingerprint density at radius 2 is 2.12 bits per heavy atom. The molecule has 2 fully saturated rings. The van der Waals surface area contributed by atoms with Crippen molar-refractivity contribution >= 4 is 23.2 Å². The van der Waals surface area contributed by atoms with Crippen LogP contribution in [0.1, 0.15) is 47.9 Å². The molecule has 1 aliphatic carbocycles. The van der Waals surface area contributed by atoms with Crippen LogP contribution in [0.25, 0.3) is 0 Å². The van der Waals surface area contributed by atoms with Gasteiger partial charge in [0.05, 0.1) is 11.8 Å². The summed E-state index contributed by atoms with van der Waals surface area (Å²) in [5.41, 5.74) is 2.07. The van der Waals surface area contributed by atoms with Crippen molar-refractivity contribution in [3.8, 4) is 0 Å². The minimum atomic E-state index is 0.0602. The number of hydrogen-bond donors (Lipinski definition) is 0. The van der Waals surface area contributed by atoms with Crippen LogP contribution in [0.3, 0.4) is 0 Å². The first-order valence-electron chi connectivity index (χ1n) is 9.12. The summed E-state index contributed by atoms with van der Waals surface area (Å²) in [6.45, 7) is 5.69. The third-order valence-electron chi connectivity index (χ3n) is 6.00. The van der Waals surface area contributed by atoms with Crippen LogP contribution in [0, 0.1) is 12.3 Å². The fourth-order valence-electron chi connectivity index (χ4n) is 4.26. The maximum atomic E-state index is 12.7. The molecule has 6 heteroatoms. The van der Waals surface area contributed by atoms with Crippen LogP contribution in [-0.4, -0.2) is 40.7 Å². The van der Waals surface area contributed by atoms with Gasteiger partial charge in [0.2, 0.25) is 5.91 Å². The standard InChI is InChI=1S/C20H24N2O3S/c1-14-17(3-9-25-14)19(24)21-7-5-20(6-8-21)11-18(20)22(15(2)23)12-16-4-10-26-13-16/h3-4,9-10,13,18H,5-8,11-12H2,1-2H3. The number of rotatable bonds is 4. The summed E-state index contributed by atoms with van der Waals surface area (Å²) < 4.78 is 5.26. The maximum absolute atomic E-state index is 12.7. The van der Waals surface area contributed by atoms with E-state index in [1.807, 2.05) is 16.7 Å². The Morgan fingerprint density at radius 3 is 2.69 bits per heavy atom. The van der Waals surface area contributed by atoms with E-state index in [-0.39, 0.29) is 17.2 Å². The molecule has 0 N–H and O–H groups in total. The van der Waals surface area contributed by atoms with Crippen molar-refractivity contribution in [2.75, 3.05) is 13.1 Å². The SMILES string of the molecule is CC(=O)N(Cc1ccsc1)C1CC12CCN(C(=O)c1ccoc1C)CC2. The van der Waals surface area contributed by atoms with Gasteiger partial charge in [-0.15, -0.1) is 0 Å². The van der Waals surface area contributed by atoms with Gasteiger partial charge >= 0.3 is 0 Å². The van der Waals surface area contributed by atoms with Crippen LogP contribution in [0.15, 0.2) is 33.6 Å². The van der Waals surface area contributed by atoms with E-state index in [0.717, 1.165) is 32.4 Å². The van der Waals surface area contributed by atoms with E-state index in [1.165, 1.54) is 5.56 Å². The molecular formula is C20H24N2O3S. The molecule has 2 aromatic heterocycles. The largest absolute Gasteiger partial charge is 0.469 e. The van der Waals surface area contributed by atoms with Crippen LogP contribution < -0.4 is 0 Å². The van der Waals surface area contributed by atoms with E-state index in [2.05, 4.69) is 16.8 Å². The van der Waals surface area contributed by atoms with Crippen LogP contribution in [0.2, 0.25) is 0 Å². The minimum Gasteiger partial charge on any atom is -0.469 e. The van der Waals surface area contributed by atoms with Gasteiger partial charge in [-0.2, -0.15) is 11.3 Å². The molecule has 5 nitrogen and oxygen atoms in total. The number of carbonyl (C=O) groups excluding carboxylic acids is 2. The molecule has 2 aromatic rings. The molecule has 0 aromatic carbocycles. The zero-order valence-electron chi connectivity index (χ0n) is 15.2. The summed E-state index contributed by atoms with van der Waals surface area (Å²) in [4.78, 5) is 28.8. The van der Waals surface area contributed by atoms with Crippen molar-refractivity contribution in [3.63, 3.8) is 0 Å². The molecule has 2 amide bonds. The van der Waals surface area contributed by atoms with E-state index in [9.17, 15) is 9.59 Å². The average Bonchev–Trinajstić information content (AvgIpc) is 2.98. The third kappa shape index (κ3) is 3.07. The van der Waals surface area contributed by atoms with Crippen molar-refractivity contribution < 1.29 is 14.0 Å². The number of hydrogen-bond acceptors (Lipinski definition) is 4. The van der Waals surface area contributed by atoms with Crippen molar-refractivity contribution in [2.45, 2.75) is 45.7 Å². The third-order valence-corrected chi connectivity index (χ3v) is 6.73. The summed E-state index contributed by atoms with van der Waals surface area (Å²) in [5.74, 6) is 0.883. The number of thiophene rings is 1. The van der Waals surface area contributed by atoms with Crippen LogP contribution in [-0.2, 0) is 11.3 Å². The zero-order chi connectivity index (χ0) is 18.3. The number of carbonyl (C=O) groups is 2. The summed E-state index contributed by atoms with van der Waals surface area (Å²) in [7, 11) is 0. The summed E-state index contributed by atoms with van der Waals surface area (Å²) in [6.07, 6.45) is 4.56.